The van der Waals surface area contributed by atoms with E-state index in [-0.39, 0.29) is 5.91 Å². The third kappa shape index (κ3) is 11.6. The van der Waals surface area contributed by atoms with E-state index in [0.717, 1.165) is 47.1 Å². The number of carbonyl (C=O) groups is 1. The number of carbonyl (C=O) groups excluding carboxylic acids is 1. The predicted octanol–water partition coefficient (Wildman–Crippen LogP) is 7.26. The monoisotopic (exact) mass is 467 g/mol. The summed E-state index contributed by atoms with van der Waals surface area (Å²) in [6.45, 7) is 13.9. The predicted molar refractivity (Wildman–Crippen MR) is 144 cm³/mol. The minimum atomic E-state index is 0.147. The fraction of sp³-hybridized carbons (Fsp3) is 0.393. The lowest BCUT2D eigenvalue weighted by molar-refractivity contribution is -0.126. The molecular formula is C28H38ClN3O. The van der Waals surface area contributed by atoms with Crippen LogP contribution in [0.25, 0.3) is 0 Å². The molecule has 1 fully saturated rings. The van der Waals surface area contributed by atoms with Gasteiger partial charge in [0.2, 0.25) is 5.91 Å². The largest absolute Gasteiger partial charge is 0.339 e. The highest BCUT2D eigenvalue weighted by Gasteiger charge is 2.23. The van der Waals surface area contributed by atoms with Gasteiger partial charge in [0.25, 0.3) is 0 Å². The van der Waals surface area contributed by atoms with Gasteiger partial charge in [-0.05, 0) is 76.8 Å². The number of hydrogen-bond acceptors (Lipinski definition) is 3. The van der Waals surface area contributed by atoms with E-state index in [2.05, 4.69) is 36.0 Å². The van der Waals surface area contributed by atoms with Crippen LogP contribution in [0.5, 0.6) is 0 Å². The Morgan fingerprint density at radius 3 is 2.21 bits per heavy atom. The fourth-order valence-corrected chi connectivity index (χ4v) is 3.37. The number of rotatable bonds is 3. The third-order valence-electron chi connectivity index (χ3n) is 4.97. The first-order chi connectivity index (χ1) is 15.6. The first kappa shape index (κ1) is 28.3. The maximum absolute atomic E-state index is 11.8. The van der Waals surface area contributed by atoms with Gasteiger partial charge in [-0.15, -0.1) is 0 Å². The van der Waals surface area contributed by atoms with Gasteiger partial charge in [0, 0.05) is 42.7 Å². The summed E-state index contributed by atoms with van der Waals surface area (Å²) in [5.74, 6) is 0.792. The van der Waals surface area contributed by atoms with E-state index in [1.165, 1.54) is 5.56 Å². The summed E-state index contributed by atoms with van der Waals surface area (Å²) in [6.07, 6.45) is 4.55. The topological polar surface area (TPSA) is 45.0 Å². The quantitative estimate of drug-likeness (QED) is 0.346. The van der Waals surface area contributed by atoms with Gasteiger partial charge in [-0.2, -0.15) is 0 Å². The lowest BCUT2D eigenvalue weighted by Gasteiger charge is -2.15. The number of benzene rings is 2. The van der Waals surface area contributed by atoms with Crippen LogP contribution in [0, 0.1) is 19.8 Å². The molecule has 33 heavy (non-hydrogen) atoms. The summed E-state index contributed by atoms with van der Waals surface area (Å²) < 4.78 is 0. The van der Waals surface area contributed by atoms with Gasteiger partial charge < -0.3 is 4.90 Å². The maximum Gasteiger partial charge on any atom is 0.249 e. The van der Waals surface area contributed by atoms with Gasteiger partial charge in [-0.1, -0.05) is 54.4 Å². The third-order valence-corrected chi connectivity index (χ3v) is 5.20. The molecule has 1 saturated heterocycles. The van der Waals surface area contributed by atoms with Crippen LogP contribution in [-0.4, -0.2) is 42.9 Å². The van der Waals surface area contributed by atoms with Crippen LogP contribution in [0.4, 0.5) is 5.69 Å². The van der Waals surface area contributed by atoms with Crippen LogP contribution >= 0.6 is 11.6 Å². The molecule has 4 nitrogen and oxygen atoms in total. The standard InChI is InChI=1S/C11H18N2O.C10H12ClN.C7H8/c1-9-5-7-13(8-9)11(14)10(2)4-6-12-3;1-7(2)12-10-5-4-9(11)6-8(10)3;1-7-5-3-2-4-6-7/h4,6,9H,5,7-8H2,1-3H3;4-6H,1-3H3;2-6H,1H3/b10-4+,12-6?;;. The fourth-order valence-electron chi connectivity index (χ4n) is 3.15. The zero-order valence-corrected chi connectivity index (χ0v) is 21.9. The number of halogens is 1. The van der Waals surface area contributed by atoms with Gasteiger partial charge in [0.1, 0.15) is 0 Å². The molecule has 1 amide bonds. The van der Waals surface area contributed by atoms with Crippen molar-refractivity contribution in [3.8, 4) is 0 Å². The lowest BCUT2D eigenvalue weighted by Crippen LogP contribution is -2.29. The Morgan fingerprint density at radius 2 is 1.76 bits per heavy atom. The highest BCUT2D eigenvalue weighted by molar-refractivity contribution is 6.30. The van der Waals surface area contributed by atoms with Crippen molar-refractivity contribution in [3.05, 3.63) is 76.3 Å². The summed E-state index contributed by atoms with van der Waals surface area (Å²) in [4.78, 5) is 21.9. The zero-order chi connectivity index (χ0) is 24.8. The van der Waals surface area contributed by atoms with E-state index >= 15 is 0 Å². The van der Waals surface area contributed by atoms with Crippen molar-refractivity contribution >= 4 is 35.1 Å². The zero-order valence-electron chi connectivity index (χ0n) is 21.1. The molecule has 1 heterocycles. The Hall–Kier alpha value is -2.72. The number of nitrogens with zero attached hydrogens (tertiary/aromatic N) is 3. The highest BCUT2D eigenvalue weighted by Crippen LogP contribution is 2.22. The minimum absolute atomic E-state index is 0.147. The highest BCUT2D eigenvalue weighted by atomic mass is 35.5. The summed E-state index contributed by atoms with van der Waals surface area (Å²) in [5, 5.41) is 0.764. The van der Waals surface area contributed by atoms with Crippen molar-refractivity contribution in [2.24, 2.45) is 15.9 Å². The first-order valence-corrected chi connectivity index (χ1v) is 11.7. The number of likely N-dealkylation sites (tertiary alicyclic amines) is 1. The van der Waals surface area contributed by atoms with E-state index in [9.17, 15) is 4.79 Å². The van der Waals surface area contributed by atoms with Crippen molar-refractivity contribution in [1.29, 1.82) is 0 Å². The first-order valence-electron chi connectivity index (χ1n) is 11.3. The molecule has 0 spiro atoms. The molecule has 0 bridgehead atoms. The van der Waals surface area contributed by atoms with Gasteiger partial charge in [0.15, 0.2) is 0 Å². The number of amides is 1. The summed E-state index contributed by atoms with van der Waals surface area (Å²) in [5.41, 5.74) is 5.26. The van der Waals surface area contributed by atoms with Crippen LogP contribution in [0.15, 0.2) is 70.2 Å². The number of aliphatic imine (C=N–C) groups is 2. The van der Waals surface area contributed by atoms with Gasteiger partial charge >= 0.3 is 0 Å². The molecule has 0 N–H and O–H groups in total. The second kappa shape index (κ2) is 15.2. The molecule has 1 atom stereocenters. The summed E-state index contributed by atoms with van der Waals surface area (Å²) in [7, 11) is 1.70. The van der Waals surface area contributed by atoms with Crippen molar-refractivity contribution < 1.29 is 4.79 Å². The maximum atomic E-state index is 11.8. The molecule has 1 aliphatic heterocycles. The van der Waals surface area contributed by atoms with E-state index in [4.69, 9.17) is 11.6 Å². The molecule has 1 unspecified atom stereocenters. The molecule has 2 aromatic rings. The van der Waals surface area contributed by atoms with Crippen LogP contribution < -0.4 is 0 Å². The number of aryl methyl sites for hydroxylation is 2. The van der Waals surface area contributed by atoms with Crippen LogP contribution in [0.1, 0.15) is 45.2 Å². The van der Waals surface area contributed by atoms with Gasteiger partial charge in [0.05, 0.1) is 5.69 Å². The molecule has 0 saturated carbocycles. The molecule has 178 valence electrons. The molecule has 5 heteroatoms. The SMILES string of the molecule is CC(C)=Nc1ccc(Cl)cc1C.CN=C/C=C(\C)C(=O)N1CCC(C)C1.Cc1ccccc1. The Morgan fingerprint density at radius 1 is 1.09 bits per heavy atom. The van der Waals surface area contributed by atoms with E-state index in [1.807, 2.05) is 69.0 Å². The van der Waals surface area contributed by atoms with E-state index < -0.39 is 0 Å². The van der Waals surface area contributed by atoms with Gasteiger partial charge in [-0.3, -0.25) is 14.8 Å². The number of allylic oxidation sites excluding steroid dienone is 1. The average Bonchev–Trinajstić information content (AvgIpc) is 3.21. The van der Waals surface area contributed by atoms with Crippen molar-refractivity contribution in [3.63, 3.8) is 0 Å². The molecule has 0 aromatic heterocycles. The molecule has 2 aromatic carbocycles. The van der Waals surface area contributed by atoms with Crippen molar-refractivity contribution in [2.75, 3.05) is 20.1 Å². The Balaban J connectivity index is 0.000000260. The molecule has 3 rings (SSSR count). The second-order valence-corrected chi connectivity index (χ2v) is 8.98. The molecule has 0 radical (unpaired) electrons. The van der Waals surface area contributed by atoms with Gasteiger partial charge in [-0.25, -0.2) is 0 Å². The number of hydrogen-bond donors (Lipinski definition) is 0. The molecule has 1 aliphatic rings. The normalized spacial score (nSPS) is 15.3. The van der Waals surface area contributed by atoms with E-state index in [0.29, 0.717) is 5.92 Å². The van der Waals surface area contributed by atoms with Crippen LogP contribution in [0.3, 0.4) is 0 Å². The Bertz CT molecular complexity index is 960. The van der Waals surface area contributed by atoms with Crippen molar-refractivity contribution in [1.82, 2.24) is 4.90 Å². The Kier molecular flexibility index (Phi) is 13.0. The van der Waals surface area contributed by atoms with E-state index in [1.54, 1.807) is 19.3 Å². The minimum Gasteiger partial charge on any atom is -0.339 e. The van der Waals surface area contributed by atoms with Crippen LogP contribution in [0.2, 0.25) is 5.02 Å². The second-order valence-electron chi connectivity index (χ2n) is 8.55. The Labute approximate surface area is 205 Å². The smallest absolute Gasteiger partial charge is 0.249 e. The summed E-state index contributed by atoms with van der Waals surface area (Å²) >= 11 is 5.81. The molecule has 0 aliphatic carbocycles. The molecular weight excluding hydrogens is 430 g/mol. The average molecular weight is 468 g/mol. The van der Waals surface area contributed by atoms with Crippen LogP contribution in [-0.2, 0) is 4.79 Å². The summed E-state index contributed by atoms with van der Waals surface area (Å²) in [6, 6.07) is 16.0. The lowest BCUT2D eigenvalue weighted by atomic mass is 10.2. The van der Waals surface area contributed by atoms with Crippen molar-refractivity contribution in [2.45, 2.75) is 48.0 Å².